The van der Waals surface area contributed by atoms with Gasteiger partial charge in [0.25, 0.3) is 0 Å². The smallest absolute Gasteiger partial charge is 0.192 e. The lowest BCUT2D eigenvalue weighted by molar-refractivity contribution is 0.0231. The minimum atomic E-state index is -1.64. The predicted molar refractivity (Wildman–Crippen MR) is 181 cm³/mol. The van der Waals surface area contributed by atoms with Gasteiger partial charge in [-0.25, -0.2) is 0 Å². The molecule has 4 heteroatoms. The zero-order chi connectivity index (χ0) is 30.4. The van der Waals surface area contributed by atoms with E-state index < -0.39 is 16.6 Å². The second-order valence-corrected chi connectivity index (χ2v) is 26.9. The van der Waals surface area contributed by atoms with Crippen molar-refractivity contribution in [2.75, 3.05) is 0 Å². The van der Waals surface area contributed by atoms with Gasteiger partial charge in [0.1, 0.15) is 0 Å². The van der Waals surface area contributed by atoms with E-state index in [0.29, 0.717) is 33.1 Å². The Bertz CT molecular complexity index is 857. The SMILES string of the molecule is C/C=C1\CC[C@H]2[C@@H](O[Si](C)(C)C(C)(C)C)CCC[C@]12C.C/C=C1\CC[C@H]2[C@@H](O[Si](C)(C)C(C)(C)C)CCC[C@]12C. The number of allylic oxidation sites excluding steroid dienone is 4. The Labute approximate surface area is 252 Å². The standard InChI is InChI=1S/2C18H34OSi/c2*1-8-14-11-12-15-16(10-9-13-18(14,15)5)19-20(6,7)17(2,3)4/h2*8,15-16H,9-13H2,1-7H3/b2*14-8+/t2*15-,16-,18+/m00/s1. The molecule has 2 nitrogen and oxygen atoms in total. The second kappa shape index (κ2) is 12.1. The maximum Gasteiger partial charge on any atom is 0.192 e. The molecule has 4 fully saturated rings. The van der Waals surface area contributed by atoms with Gasteiger partial charge in [-0.2, -0.15) is 0 Å². The van der Waals surface area contributed by atoms with Crippen molar-refractivity contribution in [1.29, 1.82) is 0 Å². The summed E-state index contributed by atoms with van der Waals surface area (Å²) >= 11 is 0. The molecule has 0 aromatic heterocycles. The van der Waals surface area contributed by atoms with Crippen LogP contribution in [0.15, 0.2) is 23.3 Å². The van der Waals surface area contributed by atoms with E-state index in [1.807, 2.05) is 0 Å². The highest BCUT2D eigenvalue weighted by Gasteiger charge is 2.52. The molecule has 0 radical (unpaired) electrons. The Balaban J connectivity index is 0.000000220. The molecular formula is C36H68O2Si2. The van der Waals surface area contributed by atoms with E-state index in [1.165, 1.54) is 64.2 Å². The average molecular weight is 589 g/mol. The first-order chi connectivity index (χ1) is 18.2. The fourth-order valence-corrected chi connectivity index (χ4v) is 11.1. The fourth-order valence-electron chi connectivity index (χ4n) is 8.27. The van der Waals surface area contributed by atoms with Gasteiger partial charge < -0.3 is 8.85 Å². The molecule has 0 spiro atoms. The summed E-state index contributed by atoms with van der Waals surface area (Å²) in [6, 6.07) is 0. The molecule has 0 aromatic carbocycles. The third-order valence-electron chi connectivity index (χ3n) is 13.0. The van der Waals surface area contributed by atoms with E-state index in [1.54, 1.807) is 11.1 Å². The van der Waals surface area contributed by atoms with Gasteiger partial charge in [0, 0.05) is 12.2 Å². The third-order valence-corrected chi connectivity index (χ3v) is 22.0. The molecule has 0 bridgehead atoms. The van der Waals surface area contributed by atoms with Crippen LogP contribution < -0.4 is 0 Å². The van der Waals surface area contributed by atoms with Crippen molar-refractivity contribution in [2.45, 2.75) is 182 Å². The monoisotopic (exact) mass is 588 g/mol. The van der Waals surface area contributed by atoms with E-state index in [2.05, 4.69) is 108 Å². The fraction of sp³-hybridized carbons (Fsp3) is 0.889. The topological polar surface area (TPSA) is 18.5 Å². The zero-order valence-corrected chi connectivity index (χ0v) is 31.4. The molecule has 0 saturated heterocycles. The highest BCUT2D eigenvalue weighted by Crippen LogP contribution is 2.58. The Morgan fingerprint density at radius 1 is 0.625 bits per heavy atom. The van der Waals surface area contributed by atoms with Crippen molar-refractivity contribution in [2.24, 2.45) is 22.7 Å². The summed E-state index contributed by atoms with van der Waals surface area (Å²) in [5, 5.41) is 0.645. The molecule has 232 valence electrons. The minimum Gasteiger partial charge on any atom is -0.414 e. The number of hydrogen-bond donors (Lipinski definition) is 0. The number of rotatable bonds is 4. The van der Waals surface area contributed by atoms with Crippen LogP contribution in [0.2, 0.25) is 36.3 Å². The van der Waals surface area contributed by atoms with Gasteiger partial charge in [0.15, 0.2) is 16.6 Å². The molecule has 4 saturated carbocycles. The molecule has 0 aromatic rings. The summed E-state index contributed by atoms with van der Waals surface area (Å²) in [5.74, 6) is 1.52. The van der Waals surface area contributed by atoms with Crippen LogP contribution in [0.25, 0.3) is 0 Å². The Hall–Kier alpha value is -0.166. The quantitative estimate of drug-likeness (QED) is 0.240. The van der Waals surface area contributed by atoms with Crippen LogP contribution in [0.4, 0.5) is 0 Å². The molecule has 4 rings (SSSR count). The summed E-state index contributed by atoms with van der Waals surface area (Å²) in [7, 11) is -3.27. The third kappa shape index (κ3) is 6.65. The maximum absolute atomic E-state index is 6.83. The molecule has 0 amide bonds. The zero-order valence-electron chi connectivity index (χ0n) is 29.4. The molecule has 0 aliphatic heterocycles. The van der Waals surface area contributed by atoms with Crippen LogP contribution >= 0.6 is 0 Å². The van der Waals surface area contributed by atoms with Crippen molar-refractivity contribution in [3.8, 4) is 0 Å². The lowest BCUT2D eigenvalue weighted by Gasteiger charge is -2.47. The number of fused-ring (bicyclic) bond motifs is 2. The molecule has 0 N–H and O–H groups in total. The Morgan fingerprint density at radius 2 is 0.950 bits per heavy atom. The first-order valence-electron chi connectivity index (χ1n) is 16.9. The van der Waals surface area contributed by atoms with Gasteiger partial charge in [0.05, 0.1) is 0 Å². The molecular weight excluding hydrogens is 521 g/mol. The van der Waals surface area contributed by atoms with Gasteiger partial charge in [-0.3, -0.25) is 0 Å². The van der Waals surface area contributed by atoms with Crippen LogP contribution in [0.3, 0.4) is 0 Å². The van der Waals surface area contributed by atoms with Gasteiger partial charge in [0.2, 0.25) is 0 Å². The van der Waals surface area contributed by atoms with Crippen LogP contribution in [-0.4, -0.2) is 28.8 Å². The van der Waals surface area contributed by atoms with Crippen molar-refractivity contribution < 1.29 is 8.85 Å². The normalized spacial score (nSPS) is 37.2. The van der Waals surface area contributed by atoms with Gasteiger partial charge in [-0.15, -0.1) is 0 Å². The first-order valence-corrected chi connectivity index (χ1v) is 22.7. The van der Waals surface area contributed by atoms with Crippen molar-refractivity contribution >= 4 is 16.6 Å². The van der Waals surface area contributed by atoms with Gasteiger partial charge in [-0.1, -0.05) is 91.5 Å². The van der Waals surface area contributed by atoms with E-state index in [0.717, 1.165) is 11.8 Å². The summed E-state index contributed by atoms with van der Waals surface area (Å²) < 4.78 is 13.7. The first kappa shape index (κ1) is 34.3. The lowest BCUT2D eigenvalue weighted by atomic mass is 9.66. The van der Waals surface area contributed by atoms with Crippen LogP contribution in [0.1, 0.15) is 133 Å². The van der Waals surface area contributed by atoms with Crippen molar-refractivity contribution in [1.82, 2.24) is 0 Å². The summed E-state index contributed by atoms with van der Waals surface area (Å²) in [6.07, 6.45) is 19.0. The minimum absolute atomic E-state index is 0.322. The molecule has 6 atom stereocenters. The maximum atomic E-state index is 6.83. The van der Waals surface area contributed by atoms with E-state index >= 15 is 0 Å². The molecule has 0 heterocycles. The van der Waals surface area contributed by atoms with Crippen LogP contribution in [0, 0.1) is 22.7 Å². The van der Waals surface area contributed by atoms with Crippen molar-refractivity contribution in [3.05, 3.63) is 23.3 Å². The molecule has 0 unspecified atom stereocenters. The highest BCUT2D eigenvalue weighted by atomic mass is 28.4. The predicted octanol–water partition coefficient (Wildman–Crippen LogP) is 11.8. The van der Waals surface area contributed by atoms with Crippen LogP contribution in [0.5, 0.6) is 0 Å². The van der Waals surface area contributed by atoms with E-state index in [-0.39, 0.29) is 0 Å². The summed E-state index contributed by atoms with van der Waals surface area (Å²) in [4.78, 5) is 0. The Morgan fingerprint density at radius 3 is 1.23 bits per heavy atom. The van der Waals surface area contributed by atoms with E-state index in [4.69, 9.17) is 8.85 Å². The summed E-state index contributed by atoms with van der Waals surface area (Å²) in [6.45, 7) is 33.2. The van der Waals surface area contributed by atoms with Gasteiger partial charge in [-0.05, 0) is 124 Å². The molecule has 4 aliphatic rings. The van der Waals surface area contributed by atoms with Crippen molar-refractivity contribution in [3.63, 3.8) is 0 Å². The molecule has 4 aliphatic carbocycles. The second-order valence-electron chi connectivity index (χ2n) is 17.4. The average Bonchev–Trinajstić information content (AvgIpc) is 3.34. The summed E-state index contributed by atoms with van der Waals surface area (Å²) in [5.41, 5.74) is 4.26. The highest BCUT2D eigenvalue weighted by molar-refractivity contribution is 6.74. The molecule has 40 heavy (non-hydrogen) atoms. The lowest BCUT2D eigenvalue weighted by Crippen LogP contribution is -2.49. The largest absolute Gasteiger partial charge is 0.414 e. The van der Waals surface area contributed by atoms with Crippen LogP contribution in [-0.2, 0) is 8.85 Å². The number of hydrogen-bond acceptors (Lipinski definition) is 2. The Kier molecular flexibility index (Phi) is 10.4. The van der Waals surface area contributed by atoms with Gasteiger partial charge >= 0.3 is 0 Å². The van der Waals surface area contributed by atoms with E-state index in [9.17, 15) is 0 Å².